The molecule has 0 saturated carbocycles. The van der Waals surface area contributed by atoms with E-state index < -0.39 is 11.1 Å². The molecule has 0 radical (unpaired) electrons. The Kier molecular flexibility index (Phi) is 5.15. The van der Waals surface area contributed by atoms with E-state index in [2.05, 4.69) is 31.9 Å². The van der Waals surface area contributed by atoms with E-state index in [0.29, 0.717) is 4.90 Å². The lowest BCUT2D eigenvalue weighted by molar-refractivity contribution is 0.600. The summed E-state index contributed by atoms with van der Waals surface area (Å²) in [5.41, 5.74) is 0. The van der Waals surface area contributed by atoms with Crippen LogP contribution in [-0.2, 0) is 9.84 Å². The normalized spacial score (nSPS) is 12.1. The van der Waals surface area contributed by atoms with Crippen molar-refractivity contribution in [2.75, 3.05) is 0 Å². The van der Waals surface area contributed by atoms with E-state index in [1.54, 1.807) is 18.2 Å². The molecule has 14 heavy (non-hydrogen) atoms. The predicted octanol–water partition coefficient (Wildman–Crippen LogP) is 4.14. The zero-order valence-electron chi connectivity index (χ0n) is 6.55. The second kappa shape index (κ2) is 5.28. The molecule has 0 aromatic heterocycles. The third kappa shape index (κ3) is 3.05. The van der Waals surface area contributed by atoms with Crippen LogP contribution in [0.25, 0.3) is 0 Å². The van der Waals surface area contributed by atoms with Crippen molar-refractivity contribution < 1.29 is 8.42 Å². The first-order chi connectivity index (χ1) is 6.35. The van der Waals surface area contributed by atoms with E-state index in [9.17, 15) is 8.42 Å². The second-order valence-corrected chi connectivity index (χ2v) is 12.7. The van der Waals surface area contributed by atoms with Gasteiger partial charge in [-0.2, -0.15) is 0 Å². The maximum absolute atomic E-state index is 11.7. The Hall–Kier alpha value is 1.59. The molecule has 0 aliphatic heterocycles. The molecule has 0 bridgehead atoms. The molecule has 0 heterocycles. The number of hydrogen-bond acceptors (Lipinski definition) is 2. The van der Waals surface area contributed by atoms with Gasteiger partial charge in [-0.15, -0.1) is 0 Å². The molecule has 0 fully saturated rings. The number of halogens is 4. The Balaban J connectivity index is 3.29. The minimum absolute atomic E-state index is 0.335. The fraction of sp³-hybridized carbons (Fsp3) is 0.143. The Morgan fingerprint density at radius 3 is 2.14 bits per heavy atom. The molecule has 0 saturated heterocycles. The highest BCUT2D eigenvalue weighted by Crippen LogP contribution is 2.30. The first-order valence-electron chi connectivity index (χ1n) is 3.33. The summed E-state index contributed by atoms with van der Waals surface area (Å²) >= 11 is 10.3. The molecule has 0 amide bonds. The molecule has 2 nitrogen and oxygen atoms in total. The van der Waals surface area contributed by atoms with Crippen molar-refractivity contribution in [1.82, 2.24) is 0 Å². The fourth-order valence-electron chi connectivity index (χ4n) is 0.757. The standard InChI is InChI=1S/C7H4Br2I2O2S/c8-5-2-1-4(3-6(5)9)14(12,13)7(10)11/h1-3,7H. The lowest BCUT2D eigenvalue weighted by Gasteiger charge is -2.06. The van der Waals surface area contributed by atoms with Crippen molar-refractivity contribution >= 4 is 86.9 Å². The maximum Gasteiger partial charge on any atom is 0.199 e. The van der Waals surface area contributed by atoms with Gasteiger partial charge in [0, 0.05) is 8.95 Å². The molecular formula is C7H4Br2I2O2S. The highest BCUT2D eigenvalue weighted by atomic mass is 127. The lowest BCUT2D eigenvalue weighted by Crippen LogP contribution is -2.08. The third-order valence-corrected chi connectivity index (χ3v) is 8.73. The summed E-state index contributed by atoms with van der Waals surface area (Å²) in [7, 11) is -3.19. The Labute approximate surface area is 127 Å². The molecule has 0 spiro atoms. The van der Waals surface area contributed by atoms with Crippen LogP contribution < -0.4 is 0 Å². The van der Waals surface area contributed by atoms with Crippen LogP contribution in [0.4, 0.5) is 0 Å². The van der Waals surface area contributed by atoms with Gasteiger partial charge >= 0.3 is 0 Å². The van der Waals surface area contributed by atoms with E-state index in [1.807, 2.05) is 45.2 Å². The largest absolute Gasteiger partial charge is 0.222 e. The van der Waals surface area contributed by atoms with Crippen molar-refractivity contribution in [3.05, 3.63) is 27.1 Å². The third-order valence-electron chi connectivity index (χ3n) is 1.45. The SMILES string of the molecule is O=S(=O)(c1ccc(Br)c(Br)c1)C(I)I. The number of sulfone groups is 1. The monoisotopic (exact) mass is 564 g/mol. The van der Waals surface area contributed by atoms with E-state index in [4.69, 9.17) is 0 Å². The number of alkyl halides is 2. The topological polar surface area (TPSA) is 34.1 Å². The van der Waals surface area contributed by atoms with Crippen LogP contribution in [0.2, 0.25) is 0 Å². The summed E-state index contributed by atoms with van der Waals surface area (Å²) in [6, 6.07) is 4.91. The predicted molar refractivity (Wildman–Crippen MR) is 80.9 cm³/mol. The first kappa shape index (κ1) is 13.7. The Morgan fingerprint density at radius 2 is 1.71 bits per heavy atom. The molecule has 1 aromatic rings. The van der Waals surface area contributed by atoms with Crippen LogP contribution in [0.1, 0.15) is 0 Å². The van der Waals surface area contributed by atoms with E-state index in [1.165, 1.54) is 0 Å². The molecule has 1 rings (SSSR count). The maximum atomic E-state index is 11.7. The van der Waals surface area contributed by atoms with Gasteiger partial charge in [-0.25, -0.2) is 8.42 Å². The molecule has 1 aromatic carbocycles. The van der Waals surface area contributed by atoms with Crippen LogP contribution in [-0.4, -0.2) is 9.68 Å². The summed E-state index contributed by atoms with van der Waals surface area (Å²) in [4.78, 5) is 0.335. The molecule has 78 valence electrons. The van der Waals surface area contributed by atoms with Gasteiger partial charge in [-0.3, -0.25) is 0 Å². The summed E-state index contributed by atoms with van der Waals surface area (Å²) in [6.07, 6.45) is 0. The van der Waals surface area contributed by atoms with E-state index >= 15 is 0 Å². The molecular weight excluding hydrogens is 562 g/mol. The number of rotatable bonds is 2. The molecule has 7 heteroatoms. The average molecular weight is 566 g/mol. The lowest BCUT2D eigenvalue weighted by atomic mass is 10.4. The fourth-order valence-corrected chi connectivity index (χ4v) is 4.04. The second-order valence-electron chi connectivity index (χ2n) is 2.38. The van der Waals surface area contributed by atoms with Gasteiger partial charge in [0.15, 0.2) is 11.1 Å². The van der Waals surface area contributed by atoms with Crippen LogP contribution in [0, 0.1) is 0 Å². The van der Waals surface area contributed by atoms with Gasteiger partial charge in [0.25, 0.3) is 0 Å². The number of hydrogen-bond donors (Lipinski definition) is 0. The highest BCUT2D eigenvalue weighted by molar-refractivity contribution is 14.2. The quantitative estimate of drug-likeness (QED) is 0.399. The van der Waals surface area contributed by atoms with Crippen molar-refractivity contribution in [3.63, 3.8) is 0 Å². The zero-order chi connectivity index (χ0) is 10.9. The zero-order valence-corrected chi connectivity index (χ0v) is 14.8. The number of benzene rings is 1. The van der Waals surface area contributed by atoms with Crippen molar-refractivity contribution in [3.8, 4) is 0 Å². The highest BCUT2D eigenvalue weighted by Gasteiger charge is 2.22. The van der Waals surface area contributed by atoms with Crippen LogP contribution >= 0.6 is 77.0 Å². The van der Waals surface area contributed by atoms with Gasteiger partial charge in [-0.1, -0.05) is 45.2 Å². The van der Waals surface area contributed by atoms with Gasteiger partial charge in [0.1, 0.15) is 0 Å². The van der Waals surface area contributed by atoms with Gasteiger partial charge in [0.2, 0.25) is 0 Å². The average Bonchev–Trinajstić information content (AvgIpc) is 2.09. The van der Waals surface area contributed by atoms with Crippen LogP contribution in [0.5, 0.6) is 0 Å². The summed E-state index contributed by atoms with van der Waals surface area (Å²) < 4.78 is 24.6. The summed E-state index contributed by atoms with van der Waals surface area (Å²) in [6.45, 7) is 0. The molecule has 0 atom stereocenters. The smallest absolute Gasteiger partial charge is 0.199 e. The van der Waals surface area contributed by atoms with Crippen LogP contribution in [0.15, 0.2) is 32.0 Å². The van der Waals surface area contributed by atoms with Gasteiger partial charge < -0.3 is 0 Å². The van der Waals surface area contributed by atoms with Crippen LogP contribution in [0.3, 0.4) is 0 Å². The van der Waals surface area contributed by atoms with Gasteiger partial charge in [0.05, 0.1) is 4.90 Å². The van der Waals surface area contributed by atoms with E-state index in [-0.39, 0.29) is 0 Å². The van der Waals surface area contributed by atoms with Crippen molar-refractivity contribution in [2.24, 2.45) is 0 Å². The first-order valence-corrected chi connectivity index (χ1v) is 8.95. The summed E-state index contributed by atoms with van der Waals surface area (Å²) in [5.74, 6) is 0. The summed E-state index contributed by atoms with van der Waals surface area (Å²) in [5, 5.41) is 0. The molecule has 0 aliphatic rings. The Bertz CT molecular complexity index is 445. The van der Waals surface area contributed by atoms with Crippen molar-refractivity contribution in [2.45, 2.75) is 6.16 Å². The van der Waals surface area contributed by atoms with Gasteiger partial charge in [-0.05, 0) is 50.1 Å². The molecule has 0 aliphatic carbocycles. The molecule has 0 unspecified atom stereocenters. The minimum atomic E-state index is -3.19. The minimum Gasteiger partial charge on any atom is -0.222 e. The molecule has 0 N–H and O–H groups in total. The van der Waals surface area contributed by atoms with E-state index in [0.717, 1.165) is 8.95 Å². The Morgan fingerprint density at radius 1 is 1.14 bits per heavy atom. The van der Waals surface area contributed by atoms with Crippen molar-refractivity contribution in [1.29, 1.82) is 0 Å².